The number of rotatable bonds is 5. The standard InChI is InChI=1S/C15H23N5/c1-10(2)14(8-20(3)4)19-15-12-7-11(16)5-6-13(12)17-9-18-15/h5-7,9-10,14H,8,16H2,1-4H3,(H,17,18,19). The van der Waals surface area contributed by atoms with E-state index in [2.05, 4.69) is 48.1 Å². The molecule has 1 unspecified atom stereocenters. The Morgan fingerprint density at radius 2 is 2.00 bits per heavy atom. The second kappa shape index (κ2) is 6.05. The van der Waals surface area contributed by atoms with E-state index in [1.165, 1.54) is 0 Å². The number of benzene rings is 1. The predicted octanol–water partition coefficient (Wildman–Crippen LogP) is 2.21. The van der Waals surface area contributed by atoms with Crippen LogP contribution in [0.2, 0.25) is 0 Å². The zero-order valence-electron chi connectivity index (χ0n) is 12.6. The highest BCUT2D eigenvalue weighted by Crippen LogP contribution is 2.23. The van der Waals surface area contributed by atoms with Crippen molar-refractivity contribution in [2.75, 3.05) is 31.7 Å². The third-order valence-corrected chi connectivity index (χ3v) is 3.35. The Hall–Kier alpha value is -1.88. The second-order valence-electron chi connectivity index (χ2n) is 5.76. The smallest absolute Gasteiger partial charge is 0.137 e. The van der Waals surface area contributed by atoms with Crippen LogP contribution in [0.3, 0.4) is 0 Å². The van der Waals surface area contributed by atoms with E-state index in [9.17, 15) is 0 Å². The number of aromatic nitrogens is 2. The molecule has 2 aromatic rings. The first-order valence-corrected chi connectivity index (χ1v) is 6.89. The molecule has 2 rings (SSSR count). The fraction of sp³-hybridized carbons (Fsp3) is 0.467. The number of fused-ring (bicyclic) bond motifs is 1. The number of nitrogen functional groups attached to an aromatic ring is 1. The first kappa shape index (κ1) is 14.5. The lowest BCUT2D eigenvalue weighted by Gasteiger charge is -2.26. The van der Waals surface area contributed by atoms with Gasteiger partial charge < -0.3 is 16.0 Å². The van der Waals surface area contributed by atoms with Gasteiger partial charge in [0, 0.05) is 23.7 Å². The maximum Gasteiger partial charge on any atom is 0.137 e. The zero-order valence-corrected chi connectivity index (χ0v) is 12.6. The summed E-state index contributed by atoms with van der Waals surface area (Å²) < 4.78 is 0. The molecule has 5 heteroatoms. The summed E-state index contributed by atoms with van der Waals surface area (Å²) >= 11 is 0. The van der Waals surface area contributed by atoms with E-state index in [1.807, 2.05) is 18.2 Å². The van der Waals surface area contributed by atoms with E-state index in [0.717, 1.165) is 29.0 Å². The molecule has 0 saturated carbocycles. The first-order chi connectivity index (χ1) is 9.47. The summed E-state index contributed by atoms with van der Waals surface area (Å²) in [5.74, 6) is 1.35. The van der Waals surface area contributed by atoms with Gasteiger partial charge in [0.2, 0.25) is 0 Å². The molecule has 1 heterocycles. The average molecular weight is 273 g/mol. The molecule has 0 saturated heterocycles. The van der Waals surface area contributed by atoms with Gasteiger partial charge in [-0.05, 0) is 38.2 Å². The van der Waals surface area contributed by atoms with E-state index in [0.29, 0.717) is 12.0 Å². The summed E-state index contributed by atoms with van der Waals surface area (Å²) in [5, 5.41) is 4.50. The topological polar surface area (TPSA) is 67.1 Å². The quantitative estimate of drug-likeness (QED) is 0.818. The number of nitrogens with one attached hydrogen (secondary N) is 1. The Balaban J connectivity index is 2.34. The van der Waals surface area contributed by atoms with Crippen molar-refractivity contribution < 1.29 is 0 Å². The minimum Gasteiger partial charge on any atom is -0.399 e. The maximum atomic E-state index is 5.87. The Morgan fingerprint density at radius 1 is 1.25 bits per heavy atom. The van der Waals surface area contributed by atoms with Gasteiger partial charge in [-0.3, -0.25) is 0 Å². The van der Waals surface area contributed by atoms with Gasteiger partial charge in [0.25, 0.3) is 0 Å². The van der Waals surface area contributed by atoms with Crippen LogP contribution >= 0.6 is 0 Å². The fourth-order valence-corrected chi connectivity index (χ4v) is 2.18. The van der Waals surface area contributed by atoms with Crippen molar-refractivity contribution in [3.05, 3.63) is 24.5 Å². The summed E-state index contributed by atoms with van der Waals surface area (Å²) in [6.45, 7) is 5.36. The van der Waals surface area contributed by atoms with Gasteiger partial charge in [-0.2, -0.15) is 0 Å². The van der Waals surface area contributed by atoms with Crippen LogP contribution in [0.25, 0.3) is 10.9 Å². The highest BCUT2D eigenvalue weighted by molar-refractivity contribution is 5.91. The molecule has 108 valence electrons. The molecule has 5 nitrogen and oxygen atoms in total. The molecule has 0 aliphatic rings. The fourth-order valence-electron chi connectivity index (χ4n) is 2.18. The molecule has 0 bridgehead atoms. The van der Waals surface area contributed by atoms with Gasteiger partial charge in [-0.25, -0.2) is 9.97 Å². The van der Waals surface area contributed by atoms with Crippen molar-refractivity contribution in [2.24, 2.45) is 5.92 Å². The third-order valence-electron chi connectivity index (χ3n) is 3.35. The second-order valence-corrected chi connectivity index (χ2v) is 5.76. The molecule has 0 spiro atoms. The molecule has 0 aliphatic carbocycles. The minimum atomic E-state index is 0.324. The van der Waals surface area contributed by atoms with Crippen molar-refractivity contribution in [1.29, 1.82) is 0 Å². The largest absolute Gasteiger partial charge is 0.399 e. The molecule has 0 fully saturated rings. The van der Waals surface area contributed by atoms with Crippen molar-refractivity contribution >= 4 is 22.4 Å². The Labute approximate surface area is 120 Å². The van der Waals surface area contributed by atoms with Crippen LogP contribution < -0.4 is 11.1 Å². The van der Waals surface area contributed by atoms with Crippen molar-refractivity contribution in [2.45, 2.75) is 19.9 Å². The van der Waals surface area contributed by atoms with Crippen LogP contribution in [0.15, 0.2) is 24.5 Å². The van der Waals surface area contributed by atoms with Crippen LogP contribution in [0, 0.1) is 5.92 Å². The maximum absolute atomic E-state index is 5.87. The number of nitrogens with zero attached hydrogens (tertiary/aromatic N) is 3. The molecule has 1 aromatic carbocycles. The summed E-state index contributed by atoms with van der Waals surface area (Å²) in [6.07, 6.45) is 1.59. The average Bonchev–Trinajstić information content (AvgIpc) is 2.38. The number of hydrogen-bond acceptors (Lipinski definition) is 5. The number of nitrogens with two attached hydrogens (primary N) is 1. The summed E-state index contributed by atoms with van der Waals surface area (Å²) in [6, 6.07) is 6.03. The molecular formula is C15H23N5. The van der Waals surface area contributed by atoms with Crippen LogP contribution in [0.5, 0.6) is 0 Å². The predicted molar refractivity (Wildman–Crippen MR) is 84.8 cm³/mol. The number of likely N-dealkylation sites (N-methyl/N-ethyl adjacent to an activating group) is 1. The highest BCUT2D eigenvalue weighted by Gasteiger charge is 2.16. The van der Waals surface area contributed by atoms with E-state index >= 15 is 0 Å². The lowest BCUT2D eigenvalue weighted by atomic mass is 10.0. The Morgan fingerprint density at radius 3 is 2.65 bits per heavy atom. The van der Waals surface area contributed by atoms with E-state index < -0.39 is 0 Å². The number of hydrogen-bond donors (Lipinski definition) is 2. The lowest BCUT2D eigenvalue weighted by molar-refractivity contribution is 0.344. The van der Waals surface area contributed by atoms with Gasteiger partial charge in [-0.1, -0.05) is 13.8 Å². The zero-order chi connectivity index (χ0) is 14.7. The van der Waals surface area contributed by atoms with Gasteiger partial charge in [0.15, 0.2) is 0 Å². The van der Waals surface area contributed by atoms with Gasteiger partial charge in [0.1, 0.15) is 12.1 Å². The van der Waals surface area contributed by atoms with E-state index in [-0.39, 0.29) is 0 Å². The SMILES string of the molecule is CC(C)C(CN(C)C)Nc1ncnc2ccc(N)cc12. The van der Waals surface area contributed by atoms with Gasteiger partial charge in [-0.15, -0.1) is 0 Å². The van der Waals surface area contributed by atoms with Gasteiger partial charge in [0.05, 0.1) is 5.52 Å². The molecule has 3 N–H and O–H groups in total. The Kier molecular flexibility index (Phi) is 4.39. The van der Waals surface area contributed by atoms with Crippen LogP contribution in [0.1, 0.15) is 13.8 Å². The monoisotopic (exact) mass is 273 g/mol. The van der Waals surface area contributed by atoms with Crippen molar-refractivity contribution in [3.8, 4) is 0 Å². The van der Waals surface area contributed by atoms with Crippen LogP contribution in [-0.2, 0) is 0 Å². The van der Waals surface area contributed by atoms with E-state index in [4.69, 9.17) is 5.73 Å². The molecule has 20 heavy (non-hydrogen) atoms. The summed E-state index contributed by atoms with van der Waals surface area (Å²) in [7, 11) is 4.15. The molecule has 1 atom stereocenters. The van der Waals surface area contributed by atoms with Crippen LogP contribution in [-0.4, -0.2) is 41.5 Å². The lowest BCUT2D eigenvalue weighted by Crippen LogP contribution is -2.36. The third kappa shape index (κ3) is 3.36. The molecule has 0 aliphatic heterocycles. The molecule has 0 amide bonds. The minimum absolute atomic E-state index is 0.324. The summed E-state index contributed by atoms with van der Waals surface area (Å²) in [4.78, 5) is 10.8. The summed E-state index contributed by atoms with van der Waals surface area (Å²) in [5.41, 5.74) is 7.51. The highest BCUT2D eigenvalue weighted by atomic mass is 15.1. The molecule has 1 aromatic heterocycles. The van der Waals surface area contributed by atoms with Crippen molar-refractivity contribution in [3.63, 3.8) is 0 Å². The molecule has 0 radical (unpaired) electrons. The van der Waals surface area contributed by atoms with Crippen LogP contribution in [0.4, 0.5) is 11.5 Å². The van der Waals surface area contributed by atoms with Gasteiger partial charge >= 0.3 is 0 Å². The van der Waals surface area contributed by atoms with Crippen molar-refractivity contribution in [1.82, 2.24) is 14.9 Å². The first-order valence-electron chi connectivity index (χ1n) is 6.89. The Bertz CT molecular complexity index is 579. The number of anilines is 2. The molecular weight excluding hydrogens is 250 g/mol. The normalized spacial score (nSPS) is 13.1. The van der Waals surface area contributed by atoms with E-state index in [1.54, 1.807) is 6.33 Å².